The van der Waals surface area contributed by atoms with Crippen LogP contribution in [0.5, 0.6) is 0 Å². The van der Waals surface area contributed by atoms with Crippen molar-refractivity contribution in [2.45, 2.75) is 4.90 Å². The van der Waals surface area contributed by atoms with Gasteiger partial charge in [0.05, 0.1) is 0 Å². The molecule has 0 saturated heterocycles. The molecule has 0 radical (unpaired) electrons. The summed E-state index contributed by atoms with van der Waals surface area (Å²) in [6.07, 6.45) is 1.46. The second kappa shape index (κ2) is 5.11. The molecule has 0 spiro atoms. The molecule has 5 heteroatoms. The lowest BCUT2D eigenvalue weighted by molar-refractivity contribution is 0.0692. The maximum Gasteiger partial charge on any atom is 0.340 e. The predicted molar refractivity (Wildman–Crippen MR) is 53.0 cm³/mol. The van der Waals surface area contributed by atoms with E-state index in [1.165, 1.54) is 12.3 Å². The lowest BCUT2D eigenvalue weighted by Gasteiger charge is -2.05. The van der Waals surface area contributed by atoms with Gasteiger partial charge in [0.15, 0.2) is 4.90 Å². The molecular formula is C8H9ClO3S. The van der Waals surface area contributed by atoms with E-state index in [1.807, 2.05) is 0 Å². The minimum absolute atomic E-state index is 0. The Morgan fingerprint density at radius 1 is 1.46 bits per heavy atom. The van der Waals surface area contributed by atoms with Crippen molar-refractivity contribution >= 4 is 29.6 Å². The number of rotatable bonds is 2. The van der Waals surface area contributed by atoms with Gasteiger partial charge in [-0.25, -0.2) is 4.79 Å². The molecule has 0 fully saturated rings. The third-order valence-electron chi connectivity index (χ3n) is 1.43. The number of hydrogen-bond acceptors (Lipinski definition) is 2. The molecule has 1 aromatic rings. The first kappa shape index (κ1) is 12.3. The fourth-order valence-electron chi connectivity index (χ4n) is 0.894. The molecule has 0 heterocycles. The fraction of sp³-hybridized carbons (Fsp3) is 0.125. The summed E-state index contributed by atoms with van der Waals surface area (Å²) >= 11 is -1.24. The standard InChI is InChI=1S/C8H8O3S.ClH/c1-12(11)7-5-3-2-4-6(7)8(9)10;/h2-5H,1H3,(H,9,10);1H. The van der Waals surface area contributed by atoms with E-state index >= 15 is 0 Å². The maximum absolute atomic E-state index is 11.0. The van der Waals surface area contributed by atoms with E-state index in [9.17, 15) is 9.35 Å². The van der Waals surface area contributed by atoms with E-state index in [2.05, 4.69) is 0 Å². The molecule has 0 aliphatic rings. The van der Waals surface area contributed by atoms with Gasteiger partial charge < -0.3 is 9.66 Å². The first-order valence-electron chi connectivity index (χ1n) is 3.28. The maximum atomic E-state index is 11.0. The zero-order valence-corrected chi connectivity index (χ0v) is 8.52. The minimum atomic E-state index is -1.24. The lowest BCUT2D eigenvalue weighted by Crippen LogP contribution is -2.06. The van der Waals surface area contributed by atoms with Crippen LogP contribution >= 0.6 is 12.4 Å². The van der Waals surface area contributed by atoms with Gasteiger partial charge in [-0.1, -0.05) is 12.1 Å². The van der Waals surface area contributed by atoms with E-state index in [-0.39, 0.29) is 18.0 Å². The molecule has 1 aromatic carbocycles. The number of halogens is 1. The second-order valence-electron chi connectivity index (χ2n) is 2.26. The molecular weight excluding hydrogens is 212 g/mol. The zero-order valence-electron chi connectivity index (χ0n) is 6.89. The highest BCUT2D eigenvalue weighted by Gasteiger charge is 2.15. The van der Waals surface area contributed by atoms with E-state index in [0.29, 0.717) is 4.90 Å². The van der Waals surface area contributed by atoms with Crippen molar-refractivity contribution in [1.29, 1.82) is 0 Å². The highest BCUT2D eigenvalue weighted by Crippen LogP contribution is 2.14. The molecule has 1 unspecified atom stereocenters. The van der Waals surface area contributed by atoms with Gasteiger partial charge in [-0.3, -0.25) is 0 Å². The van der Waals surface area contributed by atoms with Gasteiger partial charge in [0, 0.05) is 0 Å². The third-order valence-corrected chi connectivity index (χ3v) is 2.40. The lowest BCUT2D eigenvalue weighted by atomic mass is 10.2. The molecule has 1 N–H and O–H groups in total. The number of carboxylic acid groups (broad SMARTS) is 1. The van der Waals surface area contributed by atoms with Gasteiger partial charge in [0.2, 0.25) is 0 Å². The Labute approximate surface area is 85.4 Å². The second-order valence-corrected chi connectivity index (χ2v) is 3.60. The molecule has 72 valence electrons. The van der Waals surface area contributed by atoms with Gasteiger partial charge in [0.1, 0.15) is 11.8 Å². The number of carbonyl (C=O) groups is 1. The Morgan fingerprint density at radius 2 is 2.00 bits per heavy atom. The molecule has 3 nitrogen and oxygen atoms in total. The van der Waals surface area contributed by atoms with Crippen LogP contribution in [0.1, 0.15) is 10.4 Å². The van der Waals surface area contributed by atoms with Crippen molar-refractivity contribution in [3.05, 3.63) is 29.8 Å². The van der Waals surface area contributed by atoms with Crippen LogP contribution in [0.2, 0.25) is 0 Å². The summed E-state index contributed by atoms with van der Waals surface area (Å²) in [4.78, 5) is 11.0. The van der Waals surface area contributed by atoms with Crippen molar-refractivity contribution in [2.24, 2.45) is 0 Å². The summed E-state index contributed by atoms with van der Waals surface area (Å²) < 4.78 is 11.0. The van der Waals surface area contributed by atoms with Crippen LogP contribution in [0.15, 0.2) is 29.2 Å². The summed E-state index contributed by atoms with van der Waals surface area (Å²) in [5.74, 6) is -1.04. The molecule has 0 aliphatic carbocycles. The van der Waals surface area contributed by atoms with Crippen molar-refractivity contribution < 1.29 is 14.5 Å². The number of aromatic carboxylic acids is 1. The minimum Gasteiger partial charge on any atom is -0.612 e. The van der Waals surface area contributed by atoms with Crippen molar-refractivity contribution in [3.8, 4) is 0 Å². The SMILES string of the molecule is C[S+]([O-])c1ccccc1C(=O)O.Cl. The first-order chi connectivity index (χ1) is 5.63. The Kier molecular flexibility index (Phi) is 4.83. The summed E-state index contributed by atoms with van der Waals surface area (Å²) in [5.41, 5.74) is 0.110. The molecule has 0 amide bonds. The Morgan fingerprint density at radius 3 is 2.38 bits per heavy atom. The van der Waals surface area contributed by atoms with Crippen molar-refractivity contribution in [3.63, 3.8) is 0 Å². The molecule has 1 atom stereocenters. The highest BCUT2D eigenvalue weighted by molar-refractivity contribution is 7.90. The molecule has 0 bridgehead atoms. The summed E-state index contributed by atoms with van der Waals surface area (Å²) in [6, 6.07) is 6.28. The van der Waals surface area contributed by atoms with Crippen LogP contribution in [-0.2, 0) is 11.2 Å². The Balaban J connectivity index is 0.00000144. The smallest absolute Gasteiger partial charge is 0.340 e. The average Bonchev–Trinajstić information content (AvgIpc) is 2.04. The average molecular weight is 221 g/mol. The van der Waals surface area contributed by atoms with Crippen LogP contribution in [0.4, 0.5) is 0 Å². The topological polar surface area (TPSA) is 60.4 Å². The van der Waals surface area contributed by atoms with Gasteiger partial charge in [-0.2, -0.15) is 0 Å². The van der Waals surface area contributed by atoms with Crippen molar-refractivity contribution in [1.82, 2.24) is 0 Å². The Bertz CT molecular complexity index is 301. The van der Waals surface area contributed by atoms with Crippen LogP contribution in [-0.4, -0.2) is 21.9 Å². The molecule has 0 aromatic heterocycles. The van der Waals surface area contributed by atoms with Gasteiger partial charge in [-0.05, 0) is 23.3 Å². The van der Waals surface area contributed by atoms with Crippen LogP contribution in [0.3, 0.4) is 0 Å². The van der Waals surface area contributed by atoms with Gasteiger partial charge in [-0.15, -0.1) is 12.4 Å². The van der Waals surface area contributed by atoms with Gasteiger partial charge >= 0.3 is 5.97 Å². The fourth-order valence-corrected chi connectivity index (χ4v) is 1.63. The van der Waals surface area contributed by atoms with Crippen LogP contribution < -0.4 is 0 Å². The summed E-state index contributed by atoms with van der Waals surface area (Å²) in [6.45, 7) is 0. The van der Waals surface area contributed by atoms with Crippen LogP contribution in [0.25, 0.3) is 0 Å². The molecule has 1 rings (SSSR count). The normalized spacial score (nSPS) is 11.5. The Hall–Kier alpha value is -0.710. The number of benzene rings is 1. The first-order valence-corrected chi connectivity index (χ1v) is 4.84. The summed E-state index contributed by atoms with van der Waals surface area (Å²) in [5, 5.41) is 8.68. The third kappa shape index (κ3) is 2.91. The van der Waals surface area contributed by atoms with E-state index in [4.69, 9.17) is 5.11 Å². The van der Waals surface area contributed by atoms with E-state index in [1.54, 1.807) is 18.2 Å². The molecule has 13 heavy (non-hydrogen) atoms. The van der Waals surface area contributed by atoms with Crippen molar-refractivity contribution in [2.75, 3.05) is 6.26 Å². The van der Waals surface area contributed by atoms with Crippen LogP contribution in [0, 0.1) is 0 Å². The number of carboxylic acids is 1. The van der Waals surface area contributed by atoms with E-state index < -0.39 is 17.1 Å². The molecule has 0 saturated carbocycles. The number of hydrogen-bond donors (Lipinski definition) is 1. The molecule has 0 aliphatic heterocycles. The predicted octanol–water partition coefficient (Wildman–Crippen LogP) is 1.54. The quantitative estimate of drug-likeness (QED) is 0.770. The zero-order chi connectivity index (χ0) is 9.14. The monoisotopic (exact) mass is 220 g/mol. The van der Waals surface area contributed by atoms with E-state index in [0.717, 1.165) is 0 Å². The largest absolute Gasteiger partial charge is 0.612 e. The van der Waals surface area contributed by atoms with Gasteiger partial charge in [0.25, 0.3) is 0 Å². The highest BCUT2D eigenvalue weighted by atomic mass is 35.5. The summed E-state index contributed by atoms with van der Waals surface area (Å²) in [7, 11) is 0.